The third kappa shape index (κ3) is 4.19. The van der Waals surface area contributed by atoms with Crippen LogP contribution < -0.4 is 0 Å². The van der Waals surface area contributed by atoms with Crippen molar-refractivity contribution in [2.24, 2.45) is 0 Å². The number of amides is 2. The van der Waals surface area contributed by atoms with E-state index in [0.29, 0.717) is 22.0 Å². The van der Waals surface area contributed by atoms with Crippen LogP contribution in [0.4, 0.5) is 9.18 Å². The Morgan fingerprint density at radius 2 is 1.58 bits per heavy atom. The van der Waals surface area contributed by atoms with Crippen molar-refractivity contribution in [3.8, 4) is 0 Å². The van der Waals surface area contributed by atoms with E-state index < -0.39 is 17.0 Å². The number of aromatic nitrogens is 1. The number of benzene rings is 3. The highest BCUT2D eigenvalue weighted by Gasteiger charge is 2.35. The summed E-state index contributed by atoms with van der Waals surface area (Å²) in [6.45, 7) is 0.478. The zero-order valence-electron chi connectivity index (χ0n) is 17.4. The van der Waals surface area contributed by atoms with Crippen molar-refractivity contribution in [1.29, 1.82) is 0 Å². The van der Waals surface area contributed by atoms with Gasteiger partial charge in [0.2, 0.25) is 0 Å². The lowest BCUT2D eigenvalue weighted by atomic mass is 10.1. The second-order valence-electron chi connectivity index (χ2n) is 7.68. The van der Waals surface area contributed by atoms with Gasteiger partial charge in [-0.3, -0.25) is 14.5 Å². The molecule has 164 valence electrons. The van der Waals surface area contributed by atoms with Crippen molar-refractivity contribution in [2.75, 3.05) is 0 Å². The highest BCUT2D eigenvalue weighted by atomic mass is 35.5. The first-order chi connectivity index (χ1) is 16.0. The molecule has 0 N–H and O–H groups in total. The van der Waals surface area contributed by atoms with E-state index in [2.05, 4.69) is 4.57 Å². The van der Waals surface area contributed by atoms with E-state index >= 15 is 0 Å². The molecule has 0 radical (unpaired) electrons. The molecule has 5 rings (SSSR count). The number of imide groups is 1. The lowest BCUT2D eigenvalue weighted by Crippen LogP contribution is -2.27. The fourth-order valence-electron chi connectivity index (χ4n) is 3.91. The van der Waals surface area contributed by atoms with Gasteiger partial charge >= 0.3 is 0 Å². The third-order valence-electron chi connectivity index (χ3n) is 5.56. The summed E-state index contributed by atoms with van der Waals surface area (Å²) in [5, 5.41) is 1.24. The summed E-state index contributed by atoms with van der Waals surface area (Å²) in [5.74, 6) is -0.862. The number of para-hydroxylation sites is 1. The lowest BCUT2D eigenvalue weighted by Gasteiger charge is -2.12. The molecule has 0 aliphatic carbocycles. The molecule has 1 aromatic heterocycles. The zero-order chi connectivity index (χ0) is 22.9. The van der Waals surface area contributed by atoms with Gasteiger partial charge in [-0.15, -0.1) is 0 Å². The summed E-state index contributed by atoms with van der Waals surface area (Å²) in [6.07, 6.45) is 3.69. The molecule has 0 spiro atoms. The van der Waals surface area contributed by atoms with E-state index in [1.54, 1.807) is 24.3 Å². The first kappa shape index (κ1) is 21.5. The predicted molar refractivity (Wildman–Crippen MR) is 130 cm³/mol. The summed E-state index contributed by atoms with van der Waals surface area (Å²) in [4.78, 5) is 26.9. The van der Waals surface area contributed by atoms with Crippen LogP contribution in [0.25, 0.3) is 17.0 Å². The van der Waals surface area contributed by atoms with Crippen molar-refractivity contribution in [3.63, 3.8) is 0 Å². The van der Waals surface area contributed by atoms with Crippen LogP contribution in [-0.2, 0) is 17.9 Å². The quantitative estimate of drug-likeness (QED) is 0.300. The maximum atomic E-state index is 14.0. The molecule has 7 heteroatoms. The zero-order valence-corrected chi connectivity index (χ0v) is 18.9. The lowest BCUT2D eigenvalue weighted by molar-refractivity contribution is -0.123. The molecule has 2 heterocycles. The molecule has 0 saturated carbocycles. The second kappa shape index (κ2) is 8.89. The Hall–Kier alpha value is -3.35. The van der Waals surface area contributed by atoms with Gasteiger partial charge in [0.05, 0.1) is 11.4 Å². The molecule has 33 heavy (non-hydrogen) atoms. The Labute approximate surface area is 199 Å². The number of nitrogens with zero attached hydrogens (tertiary/aromatic N) is 2. The van der Waals surface area contributed by atoms with E-state index in [-0.39, 0.29) is 6.54 Å². The second-order valence-corrected chi connectivity index (χ2v) is 9.08. The number of fused-ring (bicyclic) bond motifs is 1. The van der Waals surface area contributed by atoms with Crippen molar-refractivity contribution >= 4 is 51.5 Å². The van der Waals surface area contributed by atoms with Crippen molar-refractivity contribution < 1.29 is 14.0 Å². The molecule has 3 aromatic carbocycles. The number of carbonyl (C=O) groups excluding carboxylic acids is 2. The Kier molecular flexibility index (Phi) is 5.79. The third-order valence-corrected chi connectivity index (χ3v) is 6.84. The highest BCUT2D eigenvalue weighted by Crippen LogP contribution is 2.35. The van der Waals surface area contributed by atoms with Gasteiger partial charge in [0.15, 0.2) is 0 Å². The fourth-order valence-corrected chi connectivity index (χ4v) is 4.93. The van der Waals surface area contributed by atoms with Crippen LogP contribution in [0, 0.1) is 5.82 Å². The number of hydrogen-bond acceptors (Lipinski definition) is 3. The summed E-state index contributed by atoms with van der Waals surface area (Å²) < 4.78 is 16.1. The Morgan fingerprint density at radius 3 is 2.36 bits per heavy atom. The molecular weight excluding hydrogens is 459 g/mol. The van der Waals surface area contributed by atoms with E-state index in [4.69, 9.17) is 11.6 Å². The number of thioether (sulfide) groups is 1. The molecule has 0 atom stereocenters. The number of rotatable bonds is 5. The van der Waals surface area contributed by atoms with Gasteiger partial charge in [-0.1, -0.05) is 66.2 Å². The highest BCUT2D eigenvalue weighted by molar-refractivity contribution is 8.18. The molecule has 1 saturated heterocycles. The maximum absolute atomic E-state index is 14.0. The van der Waals surface area contributed by atoms with Crippen molar-refractivity contribution in [3.05, 3.63) is 111 Å². The van der Waals surface area contributed by atoms with Crippen LogP contribution in [0.5, 0.6) is 0 Å². The SMILES string of the molecule is O=C1S/C(=C\c2cn(Cc3ccccc3Cl)c3ccccc23)C(=O)N1Cc1ccccc1F. The van der Waals surface area contributed by atoms with Gasteiger partial charge in [-0.25, -0.2) is 4.39 Å². The number of halogens is 2. The predicted octanol–water partition coefficient (Wildman–Crippen LogP) is 6.72. The van der Waals surface area contributed by atoms with Gasteiger partial charge in [-0.05, 0) is 41.6 Å². The Bertz CT molecular complexity index is 1430. The average Bonchev–Trinajstić information content (AvgIpc) is 3.29. The average molecular weight is 477 g/mol. The van der Waals surface area contributed by atoms with Crippen LogP contribution >= 0.6 is 23.4 Å². The fraction of sp³-hybridized carbons (Fsp3) is 0.0769. The summed E-state index contributed by atoms with van der Waals surface area (Å²) in [6, 6.07) is 21.7. The van der Waals surface area contributed by atoms with Gasteiger partial charge in [-0.2, -0.15) is 0 Å². The molecule has 4 aromatic rings. The summed E-state index contributed by atoms with van der Waals surface area (Å²) in [5.41, 5.74) is 3.11. The molecule has 1 fully saturated rings. The topological polar surface area (TPSA) is 42.3 Å². The van der Waals surface area contributed by atoms with E-state index in [1.165, 1.54) is 6.07 Å². The smallest absolute Gasteiger partial charge is 0.293 e. The molecule has 1 aliphatic rings. The van der Waals surface area contributed by atoms with Gasteiger partial charge in [0.1, 0.15) is 5.82 Å². The van der Waals surface area contributed by atoms with Gasteiger partial charge in [0.25, 0.3) is 11.1 Å². The first-order valence-electron chi connectivity index (χ1n) is 10.3. The number of hydrogen-bond donors (Lipinski definition) is 0. The van der Waals surface area contributed by atoms with Gasteiger partial charge in [0, 0.05) is 39.8 Å². The summed E-state index contributed by atoms with van der Waals surface area (Å²) in [7, 11) is 0. The molecule has 4 nitrogen and oxygen atoms in total. The standard InChI is InChI=1S/C26H18ClFN2O2S/c27-21-10-4-1-7-17(21)14-29-15-19(20-9-3-6-12-23(20)29)13-24-25(31)30(26(32)33-24)16-18-8-2-5-11-22(18)28/h1-13,15H,14,16H2/b24-13-. The minimum absolute atomic E-state index is 0.0943. The molecule has 0 bridgehead atoms. The largest absolute Gasteiger partial charge is 0.342 e. The van der Waals surface area contributed by atoms with Crippen LogP contribution in [-0.4, -0.2) is 20.6 Å². The first-order valence-corrected chi connectivity index (χ1v) is 11.5. The van der Waals surface area contributed by atoms with Crippen molar-refractivity contribution in [1.82, 2.24) is 9.47 Å². The van der Waals surface area contributed by atoms with Crippen LogP contribution in [0.1, 0.15) is 16.7 Å². The molecular formula is C26H18ClFN2O2S. The van der Waals surface area contributed by atoms with Crippen LogP contribution in [0.15, 0.2) is 83.9 Å². The molecule has 0 unspecified atom stereocenters. The minimum atomic E-state index is -0.442. The van der Waals surface area contributed by atoms with E-state index in [9.17, 15) is 14.0 Å². The van der Waals surface area contributed by atoms with Crippen LogP contribution in [0.2, 0.25) is 5.02 Å². The number of carbonyl (C=O) groups is 2. The minimum Gasteiger partial charge on any atom is -0.342 e. The normalized spacial score (nSPS) is 15.2. The monoisotopic (exact) mass is 476 g/mol. The summed E-state index contributed by atoms with van der Waals surface area (Å²) >= 11 is 7.23. The van der Waals surface area contributed by atoms with Gasteiger partial charge < -0.3 is 4.57 Å². The van der Waals surface area contributed by atoms with E-state index in [0.717, 1.165) is 38.7 Å². The van der Waals surface area contributed by atoms with Crippen LogP contribution in [0.3, 0.4) is 0 Å². The maximum Gasteiger partial charge on any atom is 0.293 e. The Morgan fingerprint density at radius 1 is 0.879 bits per heavy atom. The molecule has 2 amide bonds. The van der Waals surface area contributed by atoms with Crippen molar-refractivity contribution in [2.45, 2.75) is 13.1 Å². The van der Waals surface area contributed by atoms with E-state index in [1.807, 2.05) is 54.7 Å². The molecule has 1 aliphatic heterocycles. The Balaban J connectivity index is 1.48.